The number of sulfonamides is 1. The first-order chi connectivity index (χ1) is 9.89. The fourth-order valence-electron chi connectivity index (χ4n) is 2.02. The summed E-state index contributed by atoms with van der Waals surface area (Å²) in [5.41, 5.74) is 1.68. The maximum Gasteiger partial charge on any atom is 0.229 e. The fraction of sp³-hybridized carbons (Fsp3) is 0.286. The molecule has 0 bridgehead atoms. The van der Waals surface area contributed by atoms with Crippen molar-refractivity contribution in [3.8, 4) is 0 Å². The second-order valence-electron chi connectivity index (χ2n) is 4.71. The Morgan fingerprint density at radius 1 is 1.29 bits per heavy atom. The average molecular weight is 311 g/mol. The Labute approximate surface area is 123 Å². The van der Waals surface area contributed by atoms with Crippen molar-refractivity contribution in [1.82, 2.24) is 4.57 Å². The van der Waals surface area contributed by atoms with Crippen molar-refractivity contribution in [2.45, 2.75) is 20.0 Å². The number of nitrogens with zero attached hydrogens (tertiary/aromatic N) is 1. The van der Waals surface area contributed by atoms with E-state index in [1.165, 1.54) is 12.1 Å². The summed E-state index contributed by atoms with van der Waals surface area (Å²) in [5, 5.41) is 3.15. The summed E-state index contributed by atoms with van der Waals surface area (Å²) < 4.78 is 40.2. The lowest BCUT2D eigenvalue weighted by Gasteiger charge is -2.11. The zero-order valence-corrected chi connectivity index (χ0v) is 12.7. The predicted molar refractivity (Wildman–Crippen MR) is 82.3 cm³/mol. The predicted octanol–water partition coefficient (Wildman–Crippen LogP) is 2.63. The van der Waals surface area contributed by atoms with E-state index in [9.17, 15) is 12.8 Å². The molecule has 21 heavy (non-hydrogen) atoms. The van der Waals surface area contributed by atoms with Gasteiger partial charge in [0, 0.05) is 24.1 Å². The van der Waals surface area contributed by atoms with Crippen LogP contribution in [0.2, 0.25) is 0 Å². The van der Waals surface area contributed by atoms with Gasteiger partial charge in [-0.05, 0) is 37.3 Å². The molecule has 2 N–H and O–H groups in total. The zero-order chi connectivity index (χ0) is 15.5. The van der Waals surface area contributed by atoms with Crippen LogP contribution in [-0.2, 0) is 23.1 Å². The lowest BCUT2D eigenvalue weighted by Crippen LogP contribution is -2.11. The van der Waals surface area contributed by atoms with Crippen LogP contribution in [-0.4, -0.2) is 19.2 Å². The van der Waals surface area contributed by atoms with Crippen LogP contribution in [0.1, 0.15) is 12.6 Å². The standard InChI is InChI=1S/C14H18FN3O2S/c1-3-18-8-4-5-12(18)10-16-11-6-7-13(15)14(9-11)17-21(2,19)20/h4-9,16-17H,3,10H2,1-2H3. The lowest BCUT2D eigenvalue weighted by molar-refractivity contribution is 0.604. The summed E-state index contributed by atoms with van der Waals surface area (Å²) in [7, 11) is -3.51. The van der Waals surface area contributed by atoms with Gasteiger partial charge in [0.2, 0.25) is 10.0 Å². The van der Waals surface area contributed by atoms with Gasteiger partial charge in [-0.2, -0.15) is 0 Å². The van der Waals surface area contributed by atoms with Crippen molar-refractivity contribution in [1.29, 1.82) is 0 Å². The van der Waals surface area contributed by atoms with Crippen molar-refractivity contribution >= 4 is 21.4 Å². The third-order valence-electron chi connectivity index (χ3n) is 3.00. The quantitative estimate of drug-likeness (QED) is 0.862. The summed E-state index contributed by atoms with van der Waals surface area (Å²) in [4.78, 5) is 0. The number of aromatic nitrogens is 1. The number of nitrogens with one attached hydrogen (secondary N) is 2. The molecule has 0 amide bonds. The summed E-state index contributed by atoms with van der Waals surface area (Å²) in [6.45, 7) is 3.49. The second-order valence-corrected chi connectivity index (χ2v) is 6.46. The molecule has 1 heterocycles. The smallest absolute Gasteiger partial charge is 0.229 e. The van der Waals surface area contributed by atoms with E-state index in [-0.39, 0.29) is 5.69 Å². The van der Waals surface area contributed by atoms with Gasteiger partial charge in [0.1, 0.15) is 5.82 Å². The molecule has 1 aromatic carbocycles. The largest absolute Gasteiger partial charge is 0.379 e. The van der Waals surface area contributed by atoms with Crippen molar-refractivity contribution in [2.24, 2.45) is 0 Å². The van der Waals surface area contributed by atoms with E-state index in [1.54, 1.807) is 6.07 Å². The first-order valence-electron chi connectivity index (χ1n) is 6.54. The Morgan fingerprint density at radius 2 is 2.05 bits per heavy atom. The summed E-state index contributed by atoms with van der Waals surface area (Å²) >= 11 is 0. The van der Waals surface area contributed by atoms with Crippen LogP contribution in [0, 0.1) is 5.82 Å². The topological polar surface area (TPSA) is 63.1 Å². The molecule has 0 fully saturated rings. The van der Waals surface area contributed by atoms with E-state index in [4.69, 9.17) is 0 Å². The molecule has 0 atom stereocenters. The van der Waals surface area contributed by atoms with Gasteiger partial charge in [-0.1, -0.05) is 0 Å². The minimum Gasteiger partial charge on any atom is -0.379 e. The van der Waals surface area contributed by atoms with Crippen LogP contribution >= 0.6 is 0 Å². The number of hydrogen-bond acceptors (Lipinski definition) is 3. The van der Waals surface area contributed by atoms with E-state index >= 15 is 0 Å². The molecule has 0 saturated carbocycles. The van der Waals surface area contributed by atoms with Gasteiger partial charge < -0.3 is 9.88 Å². The molecule has 7 heteroatoms. The van der Waals surface area contributed by atoms with Gasteiger partial charge in [0.05, 0.1) is 18.5 Å². The maximum absolute atomic E-state index is 13.6. The zero-order valence-electron chi connectivity index (χ0n) is 11.9. The maximum atomic E-state index is 13.6. The molecule has 2 aromatic rings. The highest BCUT2D eigenvalue weighted by atomic mass is 32.2. The molecule has 0 aliphatic rings. The van der Waals surface area contributed by atoms with Crippen molar-refractivity contribution in [3.63, 3.8) is 0 Å². The normalized spacial score (nSPS) is 11.4. The first kappa shape index (κ1) is 15.4. The van der Waals surface area contributed by atoms with E-state index < -0.39 is 15.8 Å². The van der Waals surface area contributed by atoms with Gasteiger partial charge >= 0.3 is 0 Å². The van der Waals surface area contributed by atoms with Gasteiger partial charge in [0.15, 0.2) is 0 Å². The molecule has 114 valence electrons. The highest BCUT2D eigenvalue weighted by Crippen LogP contribution is 2.21. The minimum absolute atomic E-state index is 0.0617. The lowest BCUT2D eigenvalue weighted by atomic mass is 10.2. The first-order valence-corrected chi connectivity index (χ1v) is 8.43. The molecular formula is C14H18FN3O2S. The van der Waals surface area contributed by atoms with E-state index in [0.717, 1.165) is 18.5 Å². The third-order valence-corrected chi connectivity index (χ3v) is 3.59. The number of hydrogen-bond donors (Lipinski definition) is 2. The monoisotopic (exact) mass is 311 g/mol. The third kappa shape index (κ3) is 4.22. The van der Waals surface area contributed by atoms with Crippen LogP contribution in [0.15, 0.2) is 36.5 Å². The fourth-order valence-corrected chi connectivity index (χ4v) is 2.58. The molecule has 0 aliphatic heterocycles. The SMILES string of the molecule is CCn1cccc1CNc1ccc(F)c(NS(C)(=O)=O)c1. The Kier molecular flexibility index (Phi) is 4.52. The van der Waals surface area contributed by atoms with E-state index in [1.807, 2.05) is 18.3 Å². The second kappa shape index (κ2) is 6.17. The Morgan fingerprint density at radius 3 is 2.71 bits per heavy atom. The molecule has 0 radical (unpaired) electrons. The van der Waals surface area contributed by atoms with E-state index in [0.29, 0.717) is 12.2 Å². The molecular weight excluding hydrogens is 293 g/mol. The number of anilines is 2. The summed E-state index contributed by atoms with van der Waals surface area (Å²) in [6.07, 6.45) is 2.97. The number of halogens is 1. The number of aryl methyl sites for hydroxylation is 1. The summed E-state index contributed by atoms with van der Waals surface area (Å²) in [5.74, 6) is -0.608. The number of benzene rings is 1. The Balaban J connectivity index is 2.12. The Hall–Kier alpha value is -2.02. The highest BCUT2D eigenvalue weighted by Gasteiger charge is 2.08. The van der Waals surface area contributed by atoms with Gasteiger partial charge in [0.25, 0.3) is 0 Å². The molecule has 2 rings (SSSR count). The molecule has 0 saturated heterocycles. The van der Waals surface area contributed by atoms with Crippen molar-refractivity contribution < 1.29 is 12.8 Å². The molecule has 0 unspecified atom stereocenters. The van der Waals surface area contributed by atoms with Crippen LogP contribution in [0.25, 0.3) is 0 Å². The minimum atomic E-state index is -3.51. The number of rotatable bonds is 6. The molecule has 0 spiro atoms. The van der Waals surface area contributed by atoms with E-state index in [2.05, 4.69) is 21.5 Å². The van der Waals surface area contributed by atoms with Crippen molar-refractivity contribution in [2.75, 3.05) is 16.3 Å². The highest BCUT2D eigenvalue weighted by molar-refractivity contribution is 7.92. The molecule has 5 nitrogen and oxygen atoms in total. The molecule has 1 aromatic heterocycles. The summed E-state index contributed by atoms with van der Waals surface area (Å²) in [6, 6.07) is 8.20. The average Bonchev–Trinajstić information content (AvgIpc) is 2.85. The van der Waals surface area contributed by atoms with Crippen LogP contribution < -0.4 is 10.0 Å². The van der Waals surface area contributed by atoms with Gasteiger partial charge in [-0.3, -0.25) is 4.72 Å². The van der Waals surface area contributed by atoms with Crippen molar-refractivity contribution in [3.05, 3.63) is 48.0 Å². The molecule has 0 aliphatic carbocycles. The van der Waals surface area contributed by atoms with Crippen LogP contribution in [0.4, 0.5) is 15.8 Å². The van der Waals surface area contributed by atoms with Crippen LogP contribution in [0.5, 0.6) is 0 Å². The van der Waals surface area contributed by atoms with Gasteiger partial charge in [-0.25, -0.2) is 12.8 Å². The Bertz CT molecular complexity index is 726. The van der Waals surface area contributed by atoms with Crippen LogP contribution in [0.3, 0.4) is 0 Å². The van der Waals surface area contributed by atoms with Gasteiger partial charge in [-0.15, -0.1) is 0 Å².